The van der Waals surface area contributed by atoms with Gasteiger partial charge in [0, 0.05) is 12.0 Å². The number of hydrogen-bond acceptors (Lipinski definition) is 2. The zero-order chi connectivity index (χ0) is 14.4. The summed E-state index contributed by atoms with van der Waals surface area (Å²) in [6.07, 6.45) is 0.860. The fourth-order valence-electron chi connectivity index (χ4n) is 3.15. The van der Waals surface area contributed by atoms with E-state index in [-0.39, 0.29) is 6.04 Å². The van der Waals surface area contributed by atoms with E-state index >= 15 is 0 Å². The molecule has 2 aliphatic heterocycles. The molecule has 0 spiro atoms. The van der Waals surface area contributed by atoms with Crippen LogP contribution in [0.2, 0.25) is 0 Å². The molecule has 2 heterocycles. The van der Waals surface area contributed by atoms with Gasteiger partial charge in [0.25, 0.3) is 0 Å². The highest BCUT2D eigenvalue weighted by molar-refractivity contribution is 7.80. The zero-order valence-corrected chi connectivity index (χ0v) is 12.5. The van der Waals surface area contributed by atoms with Crippen LogP contribution in [0, 0.1) is 0 Å². The smallest absolute Gasteiger partial charge is 0.181 e. The monoisotopic (exact) mass is 296 g/mol. The summed E-state index contributed by atoms with van der Waals surface area (Å²) < 4.78 is 6.11. The Morgan fingerprint density at radius 1 is 1.14 bits per heavy atom. The van der Waals surface area contributed by atoms with Crippen LogP contribution >= 0.6 is 12.2 Å². The molecule has 4 rings (SSSR count). The van der Waals surface area contributed by atoms with Crippen LogP contribution < -0.4 is 15.4 Å². The fraction of sp³-hybridized carbons (Fsp3) is 0.235. The third kappa shape index (κ3) is 2.16. The Morgan fingerprint density at radius 2 is 1.95 bits per heavy atom. The molecule has 2 atom stereocenters. The van der Waals surface area contributed by atoms with Crippen molar-refractivity contribution in [2.24, 2.45) is 0 Å². The Hall–Kier alpha value is -2.07. The van der Waals surface area contributed by atoms with Gasteiger partial charge in [0.15, 0.2) is 10.8 Å². The van der Waals surface area contributed by atoms with E-state index in [1.807, 2.05) is 13.0 Å². The summed E-state index contributed by atoms with van der Waals surface area (Å²) in [5, 5.41) is 7.21. The molecule has 21 heavy (non-hydrogen) atoms. The molecule has 2 bridgehead atoms. The number of rotatable bonds is 1. The van der Waals surface area contributed by atoms with Gasteiger partial charge in [-0.05, 0) is 42.4 Å². The van der Waals surface area contributed by atoms with Gasteiger partial charge in [-0.3, -0.25) is 0 Å². The highest BCUT2D eigenvalue weighted by Gasteiger charge is 2.41. The Bertz CT molecular complexity index is 716. The van der Waals surface area contributed by atoms with Crippen LogP contribution in [-0.2, 0) is 0 Å². The lowest BCUT2D eigenvalue weighted by molar-refractivity contribution is 0.0251. The van der Waals surface area contributed by atoms with E-state index in [1.54, 1.807) is 0 Å². The molecular formula is C17H16N2OS. The van der Waals surface area contributed by atoms with Crippen molar-refractivity contribution in [2.75, 3.05) is 0 Å². The highest BCUT2D eigenvalue weighted by atomic mass is 32.1. The van der Waals surface area contributed by atoms with Gasteiger partial charge in [0.2, 0.25) is 0 Å². The molecule has 2 aromatic rings. The zero-order valence-electron chi connectivity index (χ0n) is 11.7. The minimum atomic E-state index is -0.408. The van der Waals surface area contributed by atoms with Crippen molar-refractivity contribution in [3.05, 3.63) is 54.1 Å². The van der Waals surface area contributed by atoms with Gasteiger partial charge in [-0.1, -0.05) is 36.4 Å². The van der Waals surface area contributed by atoms with Gasteiger partial charge >= 0.3 is 0 Å². The fourth-order valence-corrected chi connectivity index (χ4v) is 3.51. The number of hydrogen-bond donors (Lipinski definition) is 2. The molecule has 0 radical (unpaired) electrons. The third-order valence-corrected chi connectivity index (χ3v) is 4.32. The summed E-state index contributed by atoms with van der Waals surface area (Å²) in [7, 11) is 0. The van der Waals surface area contributed by atoms with Gasteiger partial charge in [-0.25, -0.2) is 0 Å². The standard InChI is InChI=1S/C17H16N2OS/c1-17-10-14(18-16(21)19-17)13-9-12(7-8-15(13)20-17)11-5-3-2-4-6-11/h2-9,14H,10H2,1H3,(H2,18,19,21). The van der Waals surface area contributed by atoms with Gasteiger partial charge in [0.05, 0.1) is 6.04 Å². The van der Waals surface area contributed by atoms with Crippen LogP contribution in [0.1, 0.15) is 24.9 Å². The lowest BCUT2D eigenvalue weighted by atomic mass is 9.90. The quantitative estimate of drug-likeness (QED) is 0.791. The molecule has 1 fully saturated rings. The molecule has 4 heteroatoms. The van der Waals surface area contributed by atoms with Crippen molar-refractivity contribution in [1.82, 2.24) is 10.6 Å². The Labute approximate surface area is 129 Å². The maximum absolute atomic E-state index is 6.11. The van der Waals surface area contributed by atoms with E-state index in [0.717, 1.165) is 12.2 Å². The Kier molecular flexibility index (Phi) is 2.69. The molecule has 0 aromatic heterocycles. The SMILES string of the molecule is CC12CC(NC(=S)N1)c1cc(-c3ccccc3)ccc1O2. The summed E-state index contributed by atoms with van der Waals surface area (Å²) in [5.41, 5.74) is 3.18. The van der Waals surface area contributed by atoms with E-state index in [4.69, 9.17) is 17.0 Å². The van der Waals surface area contributed by atoms with Crippen molar-refractivity contribution >= 4 is 17.3 Å². The van der Waals surface area contributed by atoms with Gasteiger partial charge in [-0.15, -0.1) is 0 Å². The van der Waals surface area contributed by atoms with E-state index in [0.29, 0.717) is 5.11 Å². The van der Waals surface area contributed by atoms with Crippen LogP contribution in [0.5, 0.6) is 5.75 Å². The summed E-state index contributed by atoms with van der Waals surface area (Å²) in [4.78, 5) is 0. The number of fused-ring (bicyclic) bond motifs is 4. The van der Waals surface area contributed by atoms with Crippen molar-refractivity contribution in [3.8, 4) is 16.9 Å². The van der Waals surface area contributed by atoms with Gasteiger partial charge < -0.3 is 15.4 Å². The molecule has 1 saturated heterocycles. The molecule has 106 valence electrons. The lowest BCUT2D eigenvalue weighted by Gasteiger charge is -2.45. The lowest BCUT2D eigenvalue weighted by Crippen LogP contribution is -2.62. The predicted octanol–water partition coefficient (Wildman–Crippen LogP) is 3.37. The molecule has 2 N–H and O–H groups in total. The molecule has 3 nitrogen and oxygen atoms in total. The first-order chi connectivity index (χ1) is 10.1. The van der Waals surface area contributed by atoms with E-state index in [2.05, 4.69) is 53.1 Å². The maximum atomic E-state index is 6.11. The molecular weight excluding hydrogens is 280 g/mol. The second-order valence-corrected chi connectivity index (χ2v) is 6.21. The van der Waals surface area contributed by atoms with Crippen molar-refractivity contribution in [3.63, 3.8) is 0 Å². The van der Waals surface area contributed by atoms with Crippen LogP contribution in [-0.4, -0.2) is 10.8 Å². The second-order valence-electron chi connectivity index (χ2n) is 5.81. The number of nitrogens with one attached hydrogen (secondary N) is 2. The molecule has 2 aliphatic rings. The number of thiocarbonyl (C=S) groups is 1. The summed E-state index contributed by atoms with van der Waals surface area (Å²) in [6, 6.07) is 17.0. The average Bonchev–Trinajstić information content (AvgIpc) is 2.46. The van der Waals surface area contributed by atoms with Crippen molar-refractivity contribution in [2.45, 2.75) is 25.1 Å². The highest BCUT2D eigenvalue weighted by Crippen LogP contribution is 2.42. The number of benzene rings is 2. The summed E-state index contributed by atoms with van der Waals surface area (Å²) in [6.45, 7) is 2.04. The van der Waals surface area contributed by atoms with E-state index < -0.39 is 5.72 Å². The molecule has 2 aromatic carbocycles. The molecule has 0 amide bonds. The minimum absolute atomic E-state index is 0.205. The van der Waals surface area contributed by atoms with Crippen molar-refractivity contribution < 1.29 is 4.74 Å². The van der Waals surface area contributed by atoms with Crippen LogP contribution in [0.25, 0.3) is 11.1 Å². The van der Waals surface area contributed by atoms with Crippen LogP contribution in [0.15, 0.2) is 48.5 Å². The minimum Gasteiger partial charge on any atom is -0.468 e. The first kappa shape index (κ1) is 12.7. The average molecular weight is 296 g/mol. The molecule has 2 unspecified atom stereocenters. The Balaban J connectivity index is 1.79. The van der Waals surface area contributed by atoms with Crippen LogP contribution in [0.4, 0.5) is 0 Å². The van der Waals surface area contributed by atoms with E-state index in [1.165, 1.54) is 16.7 Å². The Morgan fingerprint density at radius 3 is 2.76 bits per heavy atom. The second kappa shape index (κ2) is 4.46. The molecule has 0 aliphatic carbocycles. The normalized spacial score (nSPS) is 26.1. The van der Waals surface area contributed by atoms with E-state index in [9.17, 15) is 0 Å². The topological polar surface area (TPSA) is 33.3 Å². The first-order valence-corrected chi connectivity index (χ1v) is 7.51. The summed E-state index contributed by atoms with van der Waals surface area (Å²) in [5.74, 6) is 0.927. The van der Waals surface area contributed by atoms with Gasteiger partial charge in [0.1, 0.15) is 5.75 Å². The first-order valence-electron chi connectivity index (χ1n) is 7.10. The van der Waals surface area contributed by atoms with Gasteiger partial charge in [-0.2, -0.15) is 0 Å². The van der Waals surface area contributed by atoms with Crippen LogP contribution in [0.3, 0.4) is 0 Å². The largest absolute Gasteiger partial charge is 0.468 e. The molecule has 0 saturated carbocycles. The predicted molar refractivity (Wildman–Crippen MR) is 87.1 cm³/mol. The maximum Gasteiger partial charge on any atom is 0.181 e. The summed E-state index contributed by atoms with van der Waals surface area (Å²) >= 11 is 5.29. The third-order valence-electron chi connectivity index (χ3n) is 4.10. The van der Waals surface area contributed by atoms with Crippen molar-refractivity contribution in [1.29, 1.82) is 0 Å². The number of ether oxygens (including phenoxy) is 1.